The minimum atomic E-state index is -3.60. The number of aromatic nitrogens is 2. The smallest absolute Gasteiger partial charge is 0.255 e. The van der Waals surface area contributed by atoms with Gasteiger partial charge in [0.1, 0.15) is 5.65 Å². The zero-order chi connectivity index (χ0) is 20.4. The van der Waals surface area contributed by atoms with Gasteiger partial charge in [-0.3, -0.25) is 4.72 Å². The molecule has 5 nitrogen and oxygen atoms in total. The highest BCUT2D eigenvalue weighted by Crippen LogP contribution is 2.22. The van der Waals surface area contributed by atoms with Gasteiger partial charge in [0.25, 0.3) is 10.0 Å². The van der Waals surface area contributed by atoms with Crippen LogP contribution in [0.1, 0.15) is 16.7 Å². The second kappa shape index (κ2) is 7.56. The Morgan fingerprint density at radius 1 is 0.931 bits per heavy atom. The first-order valence-corrected chi connectivity index (χ1v) is 10.8. The number of rotatable bonds is 5. The number of anilines is 1. The lowest BCUT2D eigenvalue weighted by molar-refractivity contribution is 0.609. The van der Waals surface area contributed by atoms with E-state index in [0.717, 1.165) is 33.6 Å². The molecule has 29 heavy (non-hydrogen) atoms. The summed E-state index contributed by atoms with van der Waals surface area (Å²) in [7, 11) is -3.60. The molecular weight excluding hydrogens is 382 g/mol. The van der Waals surface area contributed by atoms with Crippen LogP contribution in [-0.4, -0.2) is 17.8 Å². The van der Waals surface area contributed by atoms with Crippen LogP contribution < -0.4 is 4.72 Å². The van der Waals surface area contributed by atoms with E-state index in [1.807, 2.05) is 79.2 Å². The summed E-state index contributed by atoms with van der Waals surface area (Å²) in [5.41, 5.74) is 6.25. The fraction of sp³-hybridized carbons (Fsp3) is 0.0870. The summed E-state index contributed by atoms with van der Waals surface area (Å²) < 4.78 is 29.2. The Morgan fingerprint density at radius 2 is 1.66 bits per heavy atom. The van der Waals surface area contributed by atoms with Crippen molar-refractivity contribution in [3.8, 4) is 11.3 Å². The van der Waals surface area contributed by atoms with Gasteiger partial charge in [0.15, 0.2) is 0 Å². The van der Waals surface area contributed by atoms with Crippen LogP contribution in [-0.2, 0) is 10.0 Å². The van der Waals surface area contributed by atoms with Crippen molar-refractivity contribution in [3.63, 3.8) is 0 Å². The highest BCUT2D eigenvalue weighted by molar-refractivity contribution is 7.95. The molecule has 0 aliphatic carbocycles. The van der Waals surface area contributed by atoms with E-state index in [0.29, 0.717) is 5.69 Å². The molecular formula is C23H21N3O2S. The Kier molecular flexibility index (Phi) is 4.94. The second-order valence-electron chi connectivity index (χ2n) is 7.03. The number of aryl methyl sites for hydroxylation is 2. The molecule has 1 N–H and O–H groups in total. The van der Waals surface area contributed by atoms with Crippen LogP contribution in [0.25, 0.3) is 23.0 Å². The van der Waals surface area contributed by atoms with Gasteiger partial charge in [-0.1, -0.05) is 42.0 Å². The van der Waals surface area contributed by atoms with Gasteiger partial charge in [-0.15, -0.1) is 0 Å². The van der Waals surface area contributed by atoms with Crippen LogP contribution in [0.5, 0.6) is 0 Å². The van der Waals surface area contributed by atoms with Crippen LogP contribution in [0, 0.1) is 13.8 Å². The Morgan fingerprint density at radius 3 is 2.38 bits per heavy atom. The van der Waals surface area contributed by atoms with E-state index in [1.165, 1.54) is 5.41 Å². The number of hydrogen-bond donors (Lipinski definition) is 1. The lowest BCUT2D eigenvalue weighted by Crippen LogP contribution is -2.08. The monoisotopic (exact) mass is 403 g/mol. The van der Waals surface area contributed by atoms with Crippen molar-refractivity contribution < 1.29 is 8.42 Å². The fourth-order valence-corrected chi connectivity index (χ4v) is 3.84. The fourth-order valence-electron chi connectivity index (χ4n) is 2.98. The van der Waals surface area contributed by atoms with Gasteiger partial charge < -0.3 is 4.40 Å². The number of benzene rings is 2. The number of imidazole rings is 1. The van der Waals surface area contributed by atoms with Crippen molar-refractivity contribution in [1.82, 2.24) is 9.38 Å². The van der Waals surface area contributed by atoms with Crippen molar-refractivity contribution >= 4 is 27.4 Å². The predicted molar refractivity (Wildman–Crippen MR) is 118 cm³/mol. The van der Waals surface area contributed by atoms with Crippen LogP contribution in [0.15, 0.2) is 78.5 Å². The molecule has 0 saturated carbocycles. The first-order chi connectivity index (χ1) is 13.9. The maximum absolute atomic E-state index is 12.3. The normalized spacial score (nSPS) is 11.9. The summed E-state index contributed by atoms with van der Waals surface area (Å²) in [6.45, 7) is 4.02. The molecule has 0 radical (unpaired) electrons. The molecule has 0 fully saturated rings. The van der Waals surface area contributed by atoms with Crippen molar-refractivity contribution in [1.29, 1.82) is 0 Å². The summed E-state index contributed by atoms with van der Waals surface area (Å²) in [5.74, 6) is 0. The van der Waals surface area contributed by atoms with Gasteiger partial charge in [0, 0.05) is 23.6 Å². The molecule has 0 saturated heterocycles. The summed E-state index contributed by atoms with van der Waals surface area (Å²) in [4.78, 5) is 4.63. The summed E-state index contributed by atoms with van der Waals surface area (Å²) >= 11 is 0. The highest BCUT2D eigenvalue weighted by Gasteiger charge is 2.08. The first kappa shape index (κ1) is 19.0. The van der Waals surface area contributed by atoms with Crippen molar-refractivity contribution in [2.75, 3.05) is 4.72 Å². The number of pyridine rings is 1. The molecule has 2 aromatic carbocycles. The van der Waals surface area contributed by atoms with Gasteiger partial charge in [0.05, 0.1) is 11.1 Å². The van der Waals surface area contributed by atoms with Gasteiger partial charge in [-0.2, -0.15) is 0 Å². The molecule has 0 aliphatic rings. The number of sulfonamides is 1. The molecule has 0 unspecified atom stereocenters. The SMILES string of the molecule is Cc1ccc(/C=C/S(=O)(=O)Nc2ccc(-c3cn4ccc(C)cc4n3)cc2)cc1. The molecule has 4 aromatic rings. The Balaban J connectivity index is 1.50. The topological polar surface area (TPSA) is 63.5 Å². The summed E-state index contributed by atoms with van der Waals surface area (Å²) in [6.07, 6.45) is 5.51. The van der Waals surface area contributed by atoms with Crippen molar-refractivity contribution in [2.24, 2.45) is 0 Å². The maximum Gasteiger partial charge on any atom is 0.255 e. The van der Waals surface area contributed by atoms with E-state index in [2.05, 4.69) is 9.71 Å². The largest absolute Gasteiger partial charge is 0.306 e. The molecule has 4 rings (SSSR count). The molecule has 6 heteroatoms. The molecule has 146 valence electrons. The summed E-state index contributed by atoms with van der Waals surface area (Å²) in [5, 5.41) is 1.18. The van der Waals surface area contributed by atoms with Crippen molar-refractivity contribution in [3.05, 3.63) is 95.2 Å². The van der Waals surface area contributed by atoms with Crippen LogP contribution >= 0.6 is 0 Å². The minimum absolute atomic E-state index is 0.502. The van der Waals surface area contributed by atoms with E-state index in [9.17, 15) is 8.42 Å². The molecule has 0 spiro atoms. The summed E-state index contributed by atoms with van der Waals surface area (Å²) in [6, 6.07) is 18.9. The van der Waals surface area contributed by atoms with Gasteiger partial charge in [-0.25, -0.2) is 13.4 Å². The minimum Gasteiger partial charge on any atom is -0.306 e. The predicted octanol–water partition coefficient (Wildman–Crippen LogP) is 5.03. The number of fused-ring (bicyclic) bond motifs is 1. The highest BCUT2D eigenvalue weighted by atomic mass is 32.2. The van der Waals surface area contributed by atoms with E-state index in [4.69, 9.17) is 0 Å². The number of nitrogens with one attached hydrogen (secondary N) is 1. The van der Waals surface area contributed by atoms with E-state index < -0.39 is 10.0 Å². The van der Waals surface area contributed by atoms with Crippen LogP contribution in [0.3, 0.4) is 0 Å². The zero-order valence-corrected chi connectivity index (χ0v) is 17.0. The zero-order valence-electron chi connectivity index (χ0n) is 16.2. The molecule has 0 amide bonds. The van der Waals surface area contributed by atoms with E-state index >= 15 is 0 Å². The lowest BCUT2D eigenvalue weighted by Gasteiger charge is -2.05. The first-order valence-electron chi connectivity index (χ1n) is 9.21. The van der Waals surface area contributed by atoms with Gasteiger partial charge in [-0.05, 0) is 55.3 Å². The quantitative estimate of drug-likeness (QED) is 0.508. The number of nitrogens with zero attached hydrogens (tertiary/aromatic N) is 2. The Bertz CT molecular complexity index is 1290. The third kappa shape index (κ3) is 4.55. The number of hydrogen-bond acceptors (Lipinski definition) is 3. The van der Waals surface area contributed by atoms with E-state index in [1.54, 1.807) is 18.2 Å². The molecule has 0 bridgehead atoms. The van der Waals surface area contributed by atoms with Gasteiger partial charge in [0.2, 0.25) is 0 Å². The lowest BCUT2D eigenvalue weighted by atomic mass is 10.1. The van der Waals surface area contributed by atoms with E-state index in [-0.39, 0.29) is 0 Å². The average Bonchev–Trinajstić information content (AvgIpc) is 3.11. The third-order valence-electron chi connectivity index (χ3n) is 4.57. The van der Waals surface area contributed by atoms with Crippen molar-refractivity contribution in [2.45, 2.75) is 13.8 Å². The standard InChI is InChI=1S/C23H21N3O2S/c1-17-3-5-19(6-4-17)12-14-29(27,28)25-21-9-7-20(8-10-21)22-16-26-13-11-18(2)15-23(26)24-22/h3-16,25H,1-2H3/b14-12+. The van der Waals surface area contributed by atoms with Crippen LogP contribution in [0.4, 0.5) is 5.69 Å². The molecule has 2 aromatic heterocycles. The molecule has 0 atom stereocenters. The Hall–Kier alpha value is -3.38. The molecule has 2 heterocycles. The third-order valence-corrected chi connectivity index (χ3v) is 5.59. The second-order valence-corrected chi connectivity index (χ2v) is 8.60. The maximum atomic E-state index is 12.3. The Labute approximate surface area is 170 Å². The van der Waals surface area contributed by atoms with Crippen LogP contribution in [0.2, 0.25) is 0 Å². The van der Waals surface area contributed by atoms with Gasteiger partial charge >= 0.3 is 0 Å². The molecule has 0 aliphatic heterocycles. The average molecular weight is 404 g/mol.